The van der Waals surface area contributed by atoms with Crippen molar-refractivity contribution in [1.29, 1.82) is 0 Å². The average Bonchev–Trinajstić information content (AvgIpc) is 3.89. The Balaban J connectivity index is 1.17. The predicted octanol–water partition coefficient (Wildman–Crippen LogP) is 16.7. The fourth-order valence-electron chi connectivity index (χ4n) is 11.9. The van der Waals surface area contributed by atoms with Crippen LogP contribution in [0, 0.1) is 0 Å². The summed E-state index contributed by atoms with van der Waals surface area (Å²) in [6.07, 6.45) is 0. The monoisotopic (exact) mass is 851 g/mol. The van der Waals surface area contributed by atoms with E-state index in [2.05, 4.69) is 278 Å². The minimum atomic E-state index is -0.629. The Morgan fingerprint density at radius 3 is 1.40 bits per heavy atom. The average molecular weight is 852 g/mol. The van der Waals surface area contributed by atoms with Crippen molar-refractivity contribution < 1.29 is 0 Å². The molecule has 0 heterocycles. The summed E-state index contributed by atoms with van der Waals surface area (Å²) in [6, 6.07) is 101. The number of para-hydroxylation sites is 1. The molecule has 0 atom stereocenters. The predicted molar refractivity (Wildman–Crippen MR) is 279 cm³/mol. The molecule has 11 aromatic carbocycles. The normalized spacial score (nSPS) is 13.6. The number of nitrogens with zero attached hydrogens (tertiary/aromatic N) is 1. The first-order valence-corrected chi connectivity index (χ1v) is 23.3. The highest BCUT2D eigenvalue weighted by molar-refractivity contribution is 6.08. The van der Waals surface area contributed by atoms with Crippen LogP contribution in [0.1, 0.15) is 44.5 Å². The Hall–Kier alpha value is -8.52. The smallest absolute Gasteiger partial charge is 0.0720 e. The Morgan fingerprint density at radius 2 is 0.776 bits per heavy atom. The zero-order valence-corrected chi connectivity index (χ0v) is 36.9. The van der Waals surface area contributed by atoms with Crippen LogP contribution < -0.4 is 4.90 Å². The van der Waals surface area contributed by atoms with Crippen molar-refractivity contribution in [1.82, 2.24) is 0 Å². The summed E-state index contributed by atoms with van der Waals surface area (Å²) in [5.74, 6) is 0. The standard InChI is InChI=1S/C66H45N/c1-7-23-46(24-8-1)47-39-42-60-58(43-47)63-62(44-48-25-19-20-36-55(48)64(63)66(60,51-30-13-4-14-31-51)52-32-15-5-16-33-52)67(53-34-17-6-18-35-53)54-40-41-57-56-37-21-22-38-59(56)65(61(57)45-54,49-26-9-2-10-27-49)50-28-11-3-12-29-50/h1-45H. The van der Waals surface area contributed by atoms with Crippen molar-refractivity contribution in [2.75, 3.05) is 4.90 Å². The second-order valence-electron chi connectivity index (χ2n) is 17.9. The second-order valence-corrected chi connectivity index (χ2v) is 17.9. The van der Waals surface area contributed by atoms with E-state index in [1.54, 1.807) is 0 Å². The van der Waals surface area contributed by atoms with Crippen LogP contribution in [0.5, 0.6) is 0 Å². The third-order valence-corrected chi connectivity index (χ3v) is 14.6. The summed E-state index contributed by atoms with van der Waals surface area (Å²) >= 11 is 0. The van der Waals surface area contributed by atoms with Crippen LogP contribution in [0.4, 0.5) is 17.1 Å². The van der Waals surface area contributed by atoms with Crippen molar-refractivity contribution in [3.8, 4) is 33.4 Å². The largest absolute Gasteiger partial charge is 0.310 e. The van der Waals surface area contributed by atoms with Gasteiger partial charge in [0, 0.05) is 16.9 Å². The maximum Gasteiger partial charge on any atom is 0.0720 e. The van der Waals surface area contributed by atoms with Gasteiger partial charge in [-0.15, -0.1) is 0 Å². The van der Waals surface area contributed by atoms with E-state index >= 15 is 0 Å². The molecule has 314 valence electrons. The minimum Gasteiger partial charge on any atom is -0.310 e. The molecule has 0 N–H and O–H groups in total. The van der Waals surface area contributed by atoms with Crippen LogP contribution in [0.25, 0.3) is 44.2 Å². The van der Waals surface area contributed by atoms with E-state index in [4.69, 9.17) is 0 Å². The highest BCUT2D eigenvalue weighted by Crippen LogP contribution is 2.63. The van der Waals surface area contributed by atoms with E-state index < -0.39 is 10.8 Å². The van der Waals surface area contributed by atoms with E-state index in [-0.39, 0.29) is 0 Å². The number of hydrogen-bond acceptors (Lipinski definition) is 1. The van der Waals surface area contributed by atoms with Gasteiger partial charge in [0.15, 0.2) is 0 Å². The van der Waals surface area contributed by atoms with Crippen LogP contribution in [0.3, 0.4) is 0 Å². The van der Waals surface area contributed by atoms with Crippen LogP contribution >= 0.6 is 0 Å². The van der Waals surface area contributed by atoms with Crippen LogP contribution in [0.15, 0.2) is 273 Å². The highest BCUT2D eigenvalue weighted by Gasteiger charge is 2.50. The molecule has 2 aliphatic rings. The molecule has 0 aliphatic heterocycles. The van der Waals surface area contributed by atoms with E-state index in [0.717, 1.165) is 17.1 Å². The van der Waals surface area contributed by atoms with Crippen molar-refractivity contribution in [2.24, 2.45) is 0 Å². The lowest BCUT2D eigenvalue weighted by Crippen LogP contribution is -2.29. The van der Waals surface area contributed by atoms with Gasteiger partial charge in [-0.3, -0.25) is 0 Å². The maximum absolute atomic E-state index is 2.54. The molecule has 13 rings (SSSR count). The Morgan fingerprint density at radius 1 is 0.284 bits per heavy atom. The van der Waals surface area contributed by atoms with Gasteiger partial charge in [0.05, 0.1) is 16.5 Å². The summed E-state index contributed by atoms with van der Waals surface area (Å²) < 4.78 is 0. The molecule has 1 nitrogen and oxygen atoms in total. The van der Waals surface area contributed by atoms with Gasteiger partial charge in [0.1, 0.15) is 0 Å². The van der Waals surface area contributed by atoms with Crippen molar-refractivity contribution in [3.05, 3.63) is 317 Å². The number of fused-ring (bicyclic) bond motifs is 8. The van der Waals surface area contributed by atoms with Crippen LogP contribution in [-0.2, 0) is 10.8 Å². The summed E-state index contributed by atoms with van der Waals surface area (Å²) in [4.78, 5) is 2.54. The lowest BCUT2D eigenvalue weighted by Gasteiger charge is -2.36. The van der Waals surface area contributed by atoms with Gasteiger partial charge in [0.25, 0.3) is 0 Å². The third kappa shape index (κ3) is 5.75. The van der Waals surface area contributed by atoms with Gasteiger partial charge in [-0.2, -0.15) is 0 Å². The first kappa shape index (κ1) is 38.9. The topological polar surface area (TPSA) is 3.24 Å². The molecule has 1 heteroatoms. The van der Waals surface area contributed by atoms with E-state index in [9.17, 15) is 0 Å². The highest BCUT2D eigenvalue weighted by atomic mass is 15.1. The lowest BCUT2D eigenvalue weighted by molar-refractivity contribution is 0.768. The lowest BCUT2D eigenvalue weighted by atomic mass is 9.66. The molecule has 2 aliphatic carbocycles. The fraction of sp³-hybridized carbons (Fsp3) is 0.0303. The number of rotatable bonds is 8. The van der Waals surface area contributed by atoms with E-state index in [1.807, 2.05) is 0 Å². The fourth-order valence-corrected chi connectivity index (χ4v) is 11.9. The molecule has 0 saturated carbocycles. The molecule has 11 aromatic rings. The molecule has 0 fully saturated rings. The zero-order chi connectivity index (χ0) is 44.4. The molecule has 0 aromatic heterocycles. The summed E-state index contributed by atoms with van der Waals surface area (Å²) in [6.45, 7) is 0. The second kappa shape index (κ2) is 15.6. The Kier molecular flexibility index (Phi) is 9.05. The van der Waals surface area contributed by atoms with E-state index in [1.165, 1.54) is 88.7 Å². The summed E-state index contributed by atoms with van der Waals surface area (Å²) in [5, 5.41) is 2.44. The molecule has 0 bridgehead atoms. The van der Waals surface area contributed by atoms with Crippen LogP contribution in [0.2, 0.25) is 0 Å². The SMILES string of the molecule is c1ccc(-c2ccc3c(c2)-c2c(N(c4ccccc4)c4ccc5c(c4)C(c4ccccc4)(c4ccccc4)c4ccccc4-5)cc4ccccc4c2C3(c2ccccc2)c2ccccc2)cc1. The first-order chi connectivity index (χ1) is 33.3. The molecule has 0 spiro atoms. The first-order valence-electron chi connectivity index (χ1n) is 23.3. The molecule has 0 saturated heterocycles. The van der Waals surface area contributed by atoms with Gasteiger partial charge < -0.3 is 4.90 Å². The molecule has 0 unspecified atom stereocenters. The molecular weight excluding hydrogens is 807 g/mol. The summed E-state index contributed by atoms with van der Waals surface area (Å²) in [7, 11) is 0. The molecule has 67 heavy (non-hydrogen) atoms. The van der Waals surface area contributed by atoms with Crippen molar-refractivity contribution in [2.45, 2.75) is 10.8 Å². The van der Waals surface area contributed by atoms with Gasteiger partial charge >= 0.3 is 0 Å². The van der Waals surface area contributed by atoms with Gasteiger partial charge in [-0.1, -0.05) is 237 Å². The zero-order valence-electron chi connectivity index (χ0n) is 36.9. The summed E-state index contributed by atoms with van der Waals surface area (Å²) in [5.41, 5.74) is 19.7. The number of hydrogen-bond donors (Lipinski definition) is 0. The molecule has 0 radical (unpaired) electrons. The van der Waals surface area contributed by atoms with E-state index in [0.29, 0.717) is 0 Å². The van der Waals surface area contributed by atoms with Crippen molar-refractivity contribution in [3.63, 3.8) is 0 Å². The van der Waals surface area contributed by atoms with Crippen LogP contribution in [-0.4, -0.2) is 0 Å². The Labute approximate surface area is 392 Å². The van der Waals surface area contributed by atoms with Gasteiger partial charge in [0.2, 0.25) is 0 Å². The number of anilines is 3. The number of benzene rings is 11. The van der Waals surface area contributed by atoms with Gasteiger partial charge in [-0.25, -0.2) is 0 Å². The van der Waals surface area contributed by atoms with Crippen molar-refractivity contribution >= 4 is 27.8 Å². The Bertz CT molecular complexity index is 3520. The minimum absolute atomic E-state index is 0.550. The van der Waals surface area contributed by atoms with Gasteiger partial charge in [-0.05, 0) is 119 Å². The molecule has 0 amide bonds. The molecular formula is C66H45N. The quantitative estimate of drug-likeness (QED) is 0.147. The third-order valence-electron chi connectivity index (χ3n) is 14.6. The maximum atomic E-state index is 2.54.